The fourth-order valence-corrected chi connectivity index (χ4v) is 3.69. The molecule has 1 saturated carbocycles. The van der Waals surface area contributed by atoms with Crippen molar-refractivity contribution in [3.63, 3.8) is 0 Å². The second-order valence-corrected chi connectivity index (χ2v) is 6.77. The second kappa shape index (κ2) is 7.41. The van der Waals surface area contributed by atoms with Crippen LogP contribution in [0.5, 0.6) is 0 Å². The molecule has 0 aromatic carbocycles. The molecular formula is C16H30N2O2. The number of likely N-dealkylation sites (tertiary alicyclic amines) is 1. The molecule has 1 heterocycles. The molecule has 0 bridgehead atoms. The molecule has 1 N–H and O–H groups in total. The fraction of sp³-hybridized carbons (Fsp3) is 0.938. The van der Waals surface area contributed by atoms with Crippen LogP contribution in [0.2, 0.25) is 0 Å². The number of rotatable bonds is 7. The van der Waals surface area contributed by atoms with Gasteiger partial charge in [-0.2, -0.15) is 0 Å². The Labute approximate surface area is 123 Å². The molecule has 2 rings (SSSR count). The molecule has 0 aromatic rings. The minimum Gasteiger partial charge on any atom is -0.384 e. The summed E-state index contributed by atoms with van der Waals surface area (Å²) in [6.45, 7) is 6.82. The van der Waals surface area contributed by atoms with Crippen molar-refractivity contribution in [3.05, 3.63) is 0 Å². The highest BCUT2D eigenvalue weighted by Crippen LogP contribution is 2.37. The predicted octanol–water partition coefficient (Wildman–Crippen LogP) is 2.04. The van der Waals surface area contributed by atoms with Gasteiger partial charge in [-0.25, -0.2) is 0 Å². The van der Waals surface area contributed by atoms with Gasteiger partial charge < -0.3 is 15.0 Å². The van der Waals surface area contributed by atoms with Crippen molar-refractivity contribution >= 4 is 5.91 Å². The molecular weight excluding hydrogens is 252 g/mol. The Kier molecular flexibility index (Phi) is 5.85. The molecule has 4 nitrogen and oxygen atoms in total. The standard InChI is InChI=1S/C16H30N2O2/c1-14(11-18-9-5-6-10-18)15(19)17-12-16(13-20-2)7-3-4-8-16/h14H,3-13H2,1-2H3,(H,17,19)/t14-/m1/s1. The maximum Gasteiger partial charge on any atom is 0.224 e. The number of hydrogen-bond donors (Lipinski definition) is 1. The highest BCUT2D eigenvalue weighted by molar-refractivity contribution is 5.78. The molecule has 2 aliphatic rings. The van der Waals surface area contributed by atoms with E-state index in [4.69, 9.17) is 4.74 Å². The molecule has 1 saturated heterocycles. The zero-order valence-corrected chi connectivity index (χ0v) is 13.1. The first-order chi connectivity index (χ1) is 9.65. The number of amides is 1. The van der Waals surface area contributed by atoms with Crippen LogP contribution < -0.4 is 5.32 Å². The van der Waals surface area contributed by atoms with Crippen molar-refractivity contribution < 1.29 is 9.53 Å². The number of nitrogens with one attached hydrogen (secondary N) is 1. The van der Waals surface area contributed by atoms with Gasteiger partial charge in [0, 0.05) is 31.5 Å². The van der Waals surface area contributed by atoms with Gasteiger partial charge in [0.25, 0.3) is 0 Å². The Bertz CT molecular complexity index is 308. The molecule has 2 fully saturated rings. The van der Waals surface area contributed by atoms with E-state index in [0.717, 1.165) is 32.8 Å². The van der Waals surface area contributed by atoms with Crippen LogP contribution in [0.25, 0.3) is 0 Å². The van der Waals surface area contributed by atoms with Gasteiger partial charge >= 0.3 is 0 Å². The van der Waals surface area contributed by atoms with Crippen molar-refractivity contribution in [3.8, 4) is 0 Å². The number of nitrogens with zero attached hydrogens (tertiary/aromatic N) is 1. The third-order valence-corrected chi connectivity index (χ3v) is 4.93. The lowest BCUT2D eigenvalue weighted by molar-refractivity contribution is -0.125. The summed E-state index contributed by atoms with van der Waals surface area (Å²) in [5.41, 5.74) is 0.192. The van der Waals surface area contributed by atoms with E-state index < -0.39 is 0 Å². The summed E-state index contributed by atoms with van der Waals surface area (Å²) in [6, 6.07) is 0. The van der Waals surface area contributed by atoms with Gasteiger partial charge in [0.1, 0.15) is 0 Å². The summed E-state index contributed by atoms with van der Waals surface area (Å²) < 4.78 is 5.37. The van der Waals surface area contributed by atoms with Crippen LogP contribution >= 0.6 is 0 Å². The van der Waals surface area contributed by atoms with E-state index in [9.17, 15) is 4.79 Å². The molecule has 4 heteroatoms. The quantitative estimate of drug-likeness (QED) is 0.777. The van der Waals surface area contributed by atoms with Crippen molar-refractivity contribution in [1.29, 1.82) is 0 Å². The SMILES string of the molecule is COCC1(CNC(=O)[C@H](C)CN2CCCC2)CCCC1. The third kappa shape index (κ3) is 4.19. The third-order valence-electron chi connectivity index (χ3n) is 4.93. The van der Waals surface area contributed by atoms with Crippen LogP contribution in [0.3, 0.4) is 0 Å². The topological polar surface area (TPSA) is 41.6 Å². The minimum absolute atomic E-state index is 0.0918. The number of carbonyl (C=O) groups excluding carboxylic acids is 1. The summed E-state index contributed by atoms with van der Waals surface area (Å²) in [5, 5.41) is 3.18. The van der Waals surface area contributed by atoms with E-state index in [0.29, 0.717) is 0 Å². The van der Waals surface area contributed by atoms with Gasteiger partial charge in [0.15, 0.2) is 0 Å². The number of methoxy groups -OCH3 is 1. The van der Waals surface area contributed by atoms with Gasteiger partial charge in [0.05, 0.1) is 6.61 Å². The Morgan fingerprint density at radius 2 is 1.90 bits per heavy atom. The normalized spacial score (nSPS) is 23.9. The Morgan fingerprint density at radius 1 is 1.25 bits per heavy atom. The first kappa shape index (κ1) is 15.8. The van der Waals surface area contributed by atoms with Crippen LogP contribution in [0.4, 0.5) is 0 Å². The van der Waals surface area contributed by atoms with Crippen LogP contribution in [-0.4, -0.2) is 50.7 Å². The Morgan fingerprint density at radius 3 is 2.50 bits per heavy atom. The molecule has 0 aromatic heterocycles. The van der Waals surface area contributed by atoms with Crippen LogP contribution in [0, 0.1) is 11.3 Å². The molecule has 20 heavy (non-hydrogen) atoms. The fourth-order valence-electron chi connectivity index (χ4n) is 3.69. The van der Waals surface area contributed by atoms with Gasteiger partial charge in [-0.05, 0) is 38.8 Å². The summed E-state index contributed by atoms with van der Waals surface area (Å²) in [5.74, 6) is 0.299. The summed E-state index contributed by atoms with van der Waals surface area (Å²) in [4.78, 5) is 14.7. The zero-order chi connectivity index (χ0) is 14.4. The number of hydrogen-bond acceptors (Lipinski definition) is 3. The predicted molar refractivity (Wildman–Crippen MR) is 80.6 cm³/mol. The van der Waals surface area contributed by atoms with Crippen molar-refractivity contribution in [2.24, 2.45) is 11.3 Å². The van der Waals surface area contributed by atoms with E-state index in [2.05, 4.69) is 10.2 Å². The van der Waals surface area contributed by atoms with Crippen LogP contribution in [0.1, 0.15) is 45.4 Å². The minimum atomic E-state index is 0.0918. The van der Waals surface area contributed by atoms with Crippen molar-refractivity contribution in [1.82, 2.24) is 10.2 Å². The van der Waals surface area contributed by atoms with Crippen LogP contribution in [0.15, 0.2) is 0 Å². The van der Waals surface area contributed by atoms with Gasteiger partial charge in [-0.1, -0.05) is 19.8 Å². The first-order valence-corrected chi connectivity index (χ1v) is 8.14. The second-order valence-electron chi connectivity index (χ2n) is 6.77. The van der Waals surface area contributed by atoms with Gasteiger partial charge in [-0.3, -0.25) is 4.79 Å². The lowest BCUT2D eigenvalue weighted by Gasteiger charge is -2.29. The lowest BCUT2D eigenvalue weighted by atomic mass is 9.87. The molecule has 1 aliphatic heterocycles. The molecule has 116 valence electrons. The van der Waals surface area contributed by atoms with Crippen molar-refractivity contribution in [2.75, 3.05) is 39.9 Å². The molecule has 1 aliphatic carbocycles. The summed E-state index contributed by atoms with van der Waals surface area (Å²) in [6.07, 6.45) is 7.46. The average Bonchev–Trinajstić information content (AvgIpc) is 3.09. The van der Waals surface area contributed by atoms with E-state index in [-0.39, 0.29) is 17.2 Å². The highest BCUT2D eigenvalue weighted by atomic mass is 16.5. The molecule has 0 spiro atoms. The maximum absolute atomic E-state index is 12.3. The first-order valence-electron chi connectivity index (χ1n) is 8.14. The Hall–Kier alpha value is -0.610. The largest absolute Gasteiger partial charge is 0.384 e. The van der Waals surface area contributed by atoms with E-state index in [1.807, 2.05) is 6.92 Å². The monoisotopic (exact) mass is 282 g/mol. The maximum atomic E-state index is 12.3. The summed E-state index contributed by atoms with van der Waals surface area (Å²) >= 11 is 0. The smallest absolute Gasteiger partial charge is 0.224 e. The molecule has 1 atom stereocenters. The Balaban J connectivity index is 1.75. The molecule has 0 radical (unpaired) electrons. The number of carbonyl (C=O) groups is 1. The number of ether oxygens (including phenoxy) is 1. The zero-order valence-electron chi connectivity index (χ0n) is 13.1. The van der Waals surface area contributed by atoms with E-state index >= 15 is 0 Å². The van der Waals surface area contributed by atoms with Gasteiger partial charge in [-0.15, -0.1) is 0 Å². The lowest BCUT2D eigenvalue weighted by Crippen LogP contribution is -2.43. The highest BCUT2D eigenvalue weighted by Gasteiger charge is 2.34. The molecule has 1 amide bonds. The summed E-state index contributed by atoms with van der Waals surface area (Å²) in [7, 11) is 1.76. The van der Waals surface area contributed by atoms with Gasteiger partial charge in [0.2, 0.25) is 5.91 Å². The van der Waals surface area contributed by atoms with Crippen LogP contribution in [-0.2, 0) is 9.53 Å². The molecule has 0 unspecified atom stereocenters. The van der Waals surface area contributed by atoms with Crippen molar-refractivity contribution in [2.45, 2.75) is 45.4 Å². The average molecular weight is 282 g/mol. The van der Waals surface area contributed by atoms with E-state index in [1.165, 1.54) is 38.5 Å². The van der Waals surface area contributed by atoms with E-state index in [1.54, 1.807) is 7.11 Å².